The molecule has 1 nitrogen and oxygen atoms in total. The summed E-state index contributed by atoms with van der Waals surface area (Å²) in [7, 11) is 0. The molecular weight excluding hydrogens is 190 g/mol. The first kappa shape index (κ1) is 9.66. The van der Waals surface area contributed by atoms with Gasteiger partial charge < -0.3 is 4.98 Å². The predicted molar refractivity (Wildman–Crippen MR) is 64.9 cm³/mol. The van der Waals surface area contributed by atoms with Crippen LogP contribution in [0.2, 0.25) is 0 Å². The average molecular weight is 205 g/mol. The molecule has 1 aromatic carbocycles. The van der Waals surface area contributed by atoms with Gasteiger partial charge in [0.25, 0.3) is 0 Å². The van der Waals surface area contributed by atoms with Crippen LogP contribution in [0.15, 0.2) is 24.3 Å². The number of thioether (sulfide) groups is 1. The Hall–Kier alpha value is -0.890. The minimum absolute atomic E-state index is 1.09. The fourth-order valence-corrected chi connectivity index (χ4v) is 2.18. The number of benzene rings is 1. The van der Waals surface area contributed by atoms with Crippen molar-refractivity contribution in [3.8, 4) is 0 Å². The van der Waals surface area contributed by atoms with E-state index in [9.17, 15) is 0 Å². The van der Waals surface area contributed by atoms with Gasteiger partial charge in [0.05, 0.1) is 0 Å². The standard InChI is InChI=1S/C12H15NS/c1-3-14-8-11-7-10-6-9(2)4-5-12(10)13-11/h4-7,13H,3,8H2,1-2H3. The lowest BCUT2D eigenvalue weighted by molar-refractivity contribution is 1.26. The number of hydrogen-bond donors (Lipinski definition) is 1. The highest BCUT2D eigenvalue weighted by molar-refractivity contribution is 7.98. The van der Waals surface area contributed by atoms with E-state index in [4.69, 9.17) is 0 Å². The van der Waals surface area contributed by atoms with E-state index >= 15 is 0 Å². The third-order valence-electron chi connectivity index (χ3n) is 2.29. The molecule has 0 radical (unpaired) electrons. The zero-order chi connectivity index (χ0) is 9.97. The first-order valence-electron chi connectivity index (χ1n) is 4.95. The molecule has 0 atom stereocenters. The molecule has 2 heteroatoms. The molecule has 74 valence electrons. The summed E-state index contributed by atoms with van der Waals surface area (Å²) in [5.41, 5.74) is 3.91. The van der Waals surface area contributed by atoms with Gasteiger partial charge in [0.15, 0.2) is 0 Å². The van der Waals surface area contributed by atoms with Gasteiger partial charge in [-0.15, -0.1) is 0 Å². The summed E-state index contributed by atoms with van der Waals surface area (Å²) in [6.07, 6.45) is 0. The van der Waals surface area contributed by atoms with Crippen LogP contribution in [0.25, 0.3) is 10.9 Å². The Bertz CT molecular complexity index is 431. The molecule has 0 aliphatic carbocycles. The number of aromatic amines is 1. The molecule has 14 heavy (non-hydrogen) atoms. The minimum atomic E-state index is 1.09. The summed E-state index contributed by atoms with van der Waals surface area (Å²) < 4.78 is 0. The minimum Gasteiger partial charge on any atom is -0.358 e. The molecule has 0 amide bonds. The van der Waals surface area contributed by atoms with Crippen LogP contribution in [0, 0.1) is 6.92 Å². The molecule has 1 heterocycles. The largest absolute Gasteiger partial charge is 0.358 e. The lowest BCUT2D eigenvalue weighted by Gasteiger charge is -1.93. The highest BCUT2D eigenvalue weighted by Gasteiger charge is 1.99. The highest BCUT2D eigenvalue weighted by atomic mass is 32.2. The Kier molecular flexibility index (Phi) is 2.82. The Morgan fingerprint density at radius 2 is 2.14 bits per heavy atom. The van der Waals surface area contributed by atoms with Crippen molar-refractivity contribution in [2.75, 3.05) is 5.75 Å². The van der Waals surface area contributed by atoms with E-state index in [1.165, 1.54) is 27.9 Å². The van der Waals surface area contributed by atoms with Crippen LogP contribution in [-0.4, -0.2) is 10.7 Å². The van der Waals surface area contributed by atoms with Crippen molar-refractivity contribution >= 4 is 22.7 Å². The second kappa shape index (κ2) is 4.09. The quantitative estimate of drug-likeness (QED) is 0.807. The lowest BCUT2D eigenvalue weighted by Crippen LogP contribution is -1.78. The van der Waals surface area contributed by atoms with Gasteiger partial charge >= 0.3 is 0 Å². The molecule has 0 aliphatic heterocycles. The third-order valence-corrected chi connectivity index (χ3v) is 3.22. The predicted octanol–water partition coefficient (Wildman–Crippen LogP) is 3.73. The molecule has 0 saturated heterocycles. The van der Waals surface area contributed by atoms with Crippen LogP contribution in [0.1, 0.15) is 18.2 Å². The van der Waals surface area contributed by atoms with Gasteiger partial charge in [-0.1, -0.05) is 18.6 Å². The van der Waals surface area contributed by atoms with Gasteiger partial charge in [-0.05, 0) is 36.3 Å². The molecule has 0 spiro atoms. The highest BCUT2D eigenvalue weighted by Crippen LogP contribution is 2.19. The van der Waals surface area contributed by atoms with Gasteiger partial charge in [-0.2, -0.15) is 11.8 Å². The summed E-state index contributed by atoms with van der Waals surface area (Å²) in [5, 5.41) is 1.33. The van der Waals surface area contributed by atoms with Crippen molar-refractivity contribution in [3.05, 3.63) is 35.5 Å². The van der Waals surface area contributed by atoms with E-state index in [0.717, 1.165) is 5.75 Å². The van der Waals surface area contributed by atoms with Crippen molar-refractivity contribution < 1.29 is 0 Å². The molecule has 0 fully saturated rings. The SMILES string of the molecule is CCSCc1cc2cc(C)ccc2[nH]1. The van der Waals surface area contributed by atoms with Crippen molar-refractivity contribution in [2.45, 2.75) is 19.6 Å². The Morgan fingerprint density at radius 1 is 1.29 bits per heavy atom. The molecule has 0 saturated carbocycles. The van der Waals surface area contributed by atoms with Crippen LogP contribution in [0.3, 0.4) is 0 Å². The van der Waals surface area contributed by atoms with Crippen LogP contribution in [0.4, 0.5) is 0 Å². The summed E-state index contributed by atoms with van der Waals surface area (Å²) in [5.74, 6) is 2.26. The molecular formula is C12H15NS. The van der Waals surface area contributed by atoms with Gasteiger partial charge in [-0.3, -0.25) is 0 Å². The lowest BCUT2D eigenvalue weighted by atomic mass is 10.2. The molecule has 2 aromatic rings. The van der Waals surface area contributed by atoms with Crippen LogP contribution < -0.4 is 0 Å². The van der Waals surface area contributed by atoms with E-state index in [1.54, 1.807) is 0 Å². The maximum atomic E-state index is 3.44. The molecule has 0 unspecified atom stereocenters. The van der Waals surface area contributed by atoms with Gasteiger partial charge in [0.1, 0.15) is 0 Å². The molecule has 2 rings (SSSR count). The topological polar surface area (TPSA) is 15.8 Å². The molecule has 1 aromatic heterocycles. The van der Waals surface area contributed by atoms with Crippen molar-refractivity contribution in [2.24, 2.45) is 0 Å². The first-order chi connectivity index (χ1) is 6.79. The van der Waals surface area contributed by atoms with Crippen LogP contribution in [-0.2, 0) is 5.75 Å². The number of nitrogens with one attached hydrogen (secondary N) is 1. The van der Waals surface area contributed by atoms with Crippen LogP contribution in [0.5, 0.6) is 0 Å². The summed E-state index contributed by atoms with van der Waals surface area (Å²) in [6, 6.07) is 8.79. The zero-order valence-corrected chi connectivity index (χ0v) is 9.45. The number of aromatic nitrogens is 1. The fraction of sp³-hybridized carbons (Fsp3) is 0.333. The molecule has 1 N–H and O–H groups in total. The average Bonchev–Trinajstić information content (AvgIpc) is 2.56. The van der Waals surface area contributed by atoms with E-state index < -0.39 is 0 Å². The van der Waals surface area contributed by atoms with Crippen molar-refractivity contribution in [1.29, 1.82) is 0 Å². The second-order valence-corrected chi connectivity index (χ2v) is 4.80. The van der Waals surface area contributed by atoms with Gasteiger partial charge in [0.2, 0.25) is 0 Å². The number of fused-ring (bicyclic) bond motifs is 1. The Labute approximate surface area is 88.9 Å². The summed E-state index contributed by atoms with van der Waals surface area (Å²) in [4.78, 5) is 3.44. The van der Waals surface area contributed by atoms with Gasteiger partial charge in [0, 0.05) is 17.0 Å². The van der Waals surface area contributed by atoms with Crippen molar-refractivity contribution in [1.82, 2.24) is 4.98 Å². The fourth-order valence-electron chi connectivity index (χ4n) is 1.60. The number of aryl methyl sites for hydroxylation is 1. The first-order valence-corrected chi connectivity index (χ1v) is 6.11. The monoisotopic (exact) mass is 205 g/mol. The van der Waals surface area contributed by atoms with E-state index in [0.29, 0.717) is 0 Å². The van der Waals surface area contributed by atoms with E-state index in [1.807, 2.05) is 11.8 Å². The third kappa shape index (κ3) is 1.95. The number of rotatable bonds is 3. The van der Waals surface area contributed by atoms with Crippen molar-refractivity contribution in [3.63, 3.8) is 0 Å². The zero-order valence-electron chi connectivity index (χ0n) is 8.63. The van der Waals surface area contributed by atoms with E-state index in [-0.39, 0.29) is 0 Å². The summed E-state index contributed by atoms with van der Waals surface area (Å²) in [6.45, 7) is 4.32. The normalized spacial score (nSPS) is 11.0. The Morgan fingerprint density at radius 3 is 2.93 bits per heavy atom. The van der Waals surface area contributed by atoms with Crippen LogP contribution >= 0.6 is 11.8 Å². The number of H-pyrrole nitrogens is 1. The van der Waals surface area contributed by atoms with E-state index in [2.05, 4.69) is 43.1 Å². The second-order valence-electron chi connectivity index (χ2n) is 3.52. The number of hydrogen-bond acceptors (Lipinski definition) is 1. The molecule has 0 aliphatic rings. The summed E-state index contributed by atoms with van der Waals surface area (Å²) >= 11 is 1.95. The van der Waals surface area contributed by atoms with Gasteiger partial charge in [-0.25, -0.2) is 0 Å². The Balaban J connectivity index is 2.32. The maximum absolute atomic E-state index is 3.44. The smallest absolute Gasteiger partial charge is 0.0456 e. The molecule has 0 bridgehead atoms. The maximum Gasteiger partial charge on any atom is 0.0456 e.